The molecule has 104 valence electrons. The molecule has 3 nitrogen and oxygen atoms in total. The Morgan fingerprint density at radius 2 is 1.95 bits per heavy atom. The topological polar surface area (TPSA) is 55.1 Å². The summed E-state index contributed by atoms with van der Waals surface area (Å²) in [6, 6.07) is 13.9. The van der Waals surface area contributed by atoms with Crippen LogP contribution in [0, 0.1) is 5.82 Å². The minimum atomic E-state index is -0.471. The van der Waals surface area contributed by atoms with Crippen LogP contribution in [0.1, 0.15) is 24.0 Å². The Balaban J connectivity index is 2.12. The molecule has 4 heteroatoms. The fraction of sp³-hybridized carbons (Fsp3) is 0.188. The Labute approximate surface area is 117 Å². The average Bonchev–Trinajstić information content (AvgIpc) is 2.49. The number of benzene rings is 2. The van der Waals surface area contributed by atoms with Gasteiger partial charge in [0.15, 0.2) is 0 Å². The summed E-state index contributed by atoms with van der Waals surface area (Å²) in [5.74, 6) is -1.05. The molecule has 20 heavy (non-hydrogen) atoms. The molecule has 2 aromatic carbocycles. The molecule has 0 radical (unpaired) electrons. The second kappa shape index (κ2) is 6.30. The van der Waals surface area contributed by atoms with E-state index in [0.29, 0.717) is 5.56 Å². The summed E-state index contributed by atoms with van der Waals surface area (Å²) in [4.78, 5) is 12.1. The number of nitrogens with two attached hydrogens (primary N) is 1. The van der Waals surface area contributed by atoms with E-state index >= 15 is 0 Å². The van der Waals surface area contributed by atoms with Gasteiger partial charge in [-0.1, -0.05) is 36.4 Å². The van der Waals surface area contributed by atoms with Crippen LogP contribution in [0.4, 0.5) is 10.1 Å². The number of nitrogens with one attached hydrogen (secondary N) is 1. The highest BCUT2D eigenvalue weighted by Gasteiger charge is 2.16. The van der Waals surface area contributed by atoms with Crippen LogP contribution in [-0.2, 0) is 11.3 Å². The van der Waals surface area contributed by atoms with Gasteiger partial charge in [0.1, 0.15) is 5.82 Å². The van der Waals surface area contributed by atoms with Gasteiger partial charge in [-0.05, 0) is 30.2 Å². The summed E-state index contributed by atoms with van der Waals surface area (Å²) < 4.78 is 13.8. The van der Waals surface area contributed by atoms with Crippen molar-refractivity contribution in [1.82, 2.24) is 0 Å². The first-order chi connectivity index (χ1) is 9.61. The van der Waals surface area contributed by atoms with E-state index in [-0.39, 0.29) is 24.1 Å². The van der Waals surface area contributed by atoms with Crippen LogP contribution in [-0.4, -0.2) is 5.91 Å². The van der Waals surface area contributed by atoms with Crippen molar-refractivity contribution in [3.8, 4) is 0 Å². The third-order valence-corrected chi connectivity index (χ3v) is 3.22. The normalized spacial score (nSPS) is 11.9. The summed E-state index contributed by atoms with van der Waals surface area (Å²) in [6.45, 7) is 2.06. The van der Waals surface area contributed by atoms with Crippen LogP contribution in [0.5, 0.6) is 0 Å². The van der Waals surface area contributed by atoms with E-state index in [1.807, 2.05) is 30.3 Å². The molecule has 0 spiro atoms. The van der Waals surface area contributed by atoms with Crippen molar-refractivity contribution in [3.63, 3.8) is 0 Å². The molecule has 1 amide bonds. The Hall–Kier alpha value is -2.20. The van der Waals surface area contributed by atoms with Gasteiger partial charge in [-0.2, -0.15) is 0 Å². The van der Waals surface area contributed by atoms with Gasteiger partial charge < -0.3 is 11.1 Å². The van der Waals surface area contributed by atoms with E-state index in [0.717, 1.165) is 5.56 Å². The van der Waals surface area contributed by atoms with E-state index in [1.165, 1.54) is 12.1 Å². The standard InChI is InChI=1S/C16H17FN2O/c1-11(13-5-3-2-4-6-13)16(20)19-15-8-7-12(10-18)9-14(15)17/h2-9,11H,10,18H2,1H3,(H,19,20). The van der Waals surface area contributed by atoms with Crippen LogP contribution >= 0.6 is 0 Å². The van der Waals surface area contributed by atoms with Gasteiger partial charge in [0.05, 0.1) is 11.6 Å². The molecular formula is C16H17FN2O. The van der Waals surface area contributed by atoms with Crippen molar-refractivity contribution in [1.29, 1.82) is 0 Å². The highest BCUT2D eigenvalue weighted by atomic mass is 19.1. The number of hydrogen-bond donors (Lipinski definition) is 2. The largest absolute Gasteiger partial charge is 0.326 e. The molecule has 2 aromatic rings. The quantitative estimate of drug-likeness (QED) is 0.898. The average molecular weight is 272 g/mol. The van der Waals surface area contributed by atoms with Crippen molar-refractivity contribution < 1.29 is 9.18 Å². The second-order valence-corrected chi connectivity index (χ2v) is 4.64. The zero-order chi connectivity index (χ0) is 14.5. The van der Waals surface area contributed by atoms with Gasteiger partial charge >= 0.3 is 0 Å². The number of carbonyl (C=O) groups is 1. The predicted molar refractivity (Wildman–Crippen MR) is 77.8 cm³/mol. The van der Waals surface area contributed by atoms with Crippen LogP contribution in [0.25, 0.3) is 0 Å². The molecule has 0 saturated carbocycles. The summed E-state index contributed by atoms with van der Waals surface area (Å²) in [5, 5.41) is 2.61. The molecule has 0 aliphatic rings. The maximum absolute atomic E-state index is 13.8. The Kier molecular flexibility index (Phi) is 4.48. The molecule has 0 saturated heterocycles. The van der Waals surface area contributed by atoms with Crippen LogP contribution in [0.2, 0.25) is 0 Å². The summed E-state index contributed by atoms with van der Waals surface area (Å²) in [7, 11) is 0. The van der Waals surface area contributed by atoms with Crippen molar-refractivity contribution in [2.45, 2.75) is 19.4 Å². The number of anilines is 1. The monoisotopic (exact) mass is 272 g/mol. The van der Waals surface area contributed by atoms with Gasteiger partial charge in [-0.3, -0.25) is 4.79 Å². The zero-order valence-electron chi connectivity index (χ0n) is 11.3. The van der Waals surface area contributed by atoms with Crippen molar-refractivity contribution in [3.05, 3.63) is 65.5 Å². The fourth-order valence-corrected chi connectivity index (χ4v) is 1.92. The molecule has 0 aliphatic carbocycles. The SMILES string of the molecule is CC(C(=O)Nc1ccc(CN)cc1F)c1ccccc1. The molecule has 2 rings (SSSR count). The smallest absolute Gasteiger partial charge is 0.231 e. The molecule has 0 aliphatic heterocycles. The number of halogens is 1. The minimum absolute atomic E-state index is 0.176. The highest BCUT2D eigenvalue weighted by Crippen LogP contribution is 2.20. The van der Waals surface area contributed by atoms with E-state index in [4.69, 9.17) is 5.73 Å². The lowest BCUT2D eigenvalue weighted by Gasteiger charge is -2.13. The zero-order valence-corrected chi connectivity index (χ0v) is 11.3. The van der Waals surface area contributed by atoms with Gasteiger partial charge in [-0.25, -0.2) is 4.39 Å². The van der Waals surface area contributed by atoms with E-state index < -0.39 is 5.82 Å². The van der Waals surface area contributed by atoms with Crippen LogP contribution < -0.4 is 11.1 Å². The lowest BCUT2D eigenvalue weighted by Crippen LogP contribution is -2.19. The van der Waals surface area contributed by atoms with Crippen LogP contribution in [0.15, 0.2) is 48.5 Å². The van der Waals surface area contributed by atoms with E-state index in [9.17, 15) is 9.18 Å². The number of rotatable bonds is 4. The fourth-order valence-electron chi connectivity index (χ4n) is 1.92. The summed E-state index contributed by atoms with van der Waals surface area (Å²) >= 11 is 0. The molecular weight excluding hydrogens is 255 g/mol. The molecule has 0 heterocycles. The molecule has 0 fully saturated rings. The number of hydrogen-bond acceptors (Lipinski definition) is 2. The van der Waals surface area contributed by atoms with Crippen molar-refractivity contribution >= 4 is 11.6 Å². The second-order valence-electron chi connectivity index (χ2n) is 4.64. The molecule has 0 bridgehead atoms. The van der Waals surface area contributed by atoms with Gasteiger partial charge in [0.25, 0.3) is 0 Å². The van der Waals surface area contributed by atoms with Crippen molar-refractivity contribution in [2.75, 3.05) is 5.32 Å². The minimum Gasteiger partial charge on any atom is -0.326 e. The van der Waals surface area contributed by atoms with Crippen LogP contribution in [0.3, 0.4) is 0 Å². The molecule has 1 atom stereocenters. The van der Waals surface area contributed by atoms with Gasteiger partial charge in [0.2, 0.25) is 5.91 Å². The molecule has 0 aromatic heterocycles. The first-order valence-corrected chi connectivity index (χ1v) is 6.46. The lowest BCUT2D eigenvalue weighted by molar-refractivity contribution is -0.117. The highest BCUT2D eigenvalue weighted by molar-refractivity contribution is 5.95. The Morgan fingerprint density at radius 1 is 1.25 bits per heavy atom. The Morgan fingerprint density at radius 3 is 2.55 bits per heavy atom. The third kappa shape index (κ3) is 3.22. The van der Waals surface area contributed by atoms with Gasteiger partial charge in [0, 0.05) is 6.54 Å². The number of carbonyl (C=O) groups excluding carboxylic acids is 1. The number of amides is 1. The Bertz CT molecular complexity index is 599. The van der Waals surface area contributed by atoms with Crippen molar-refractivity contribution in [2.24, 2.45) is 5.73 Å². The molecule has 1 unspecified atom stereocenters. The first-order valence-electron chi connectivity index (χ1n) is 6.46. The maximum Gasteiger partial charge on any atom is 0.231 e. The van der Waals surface area contributed by atoms with E-state index in [1.54, 1.807) is 13.0 Å². The van der Waals surface area contributed by atoms with Gasteiger partial charge in [-0.15, -0.1) is 0 Å². The lowest BCUT2D eigenvalue weighted by atomic mass is 10.0. The summed E-state index contributed by atoms with van der Waals surface area (Å²) in [6.07, 6.45) is 0. The third-order valence-electron chi connectivity index (χ3n) is 3.22. The maximum atomic E-state index is 13.8. The predicted octanol–water partition coefficient (Wildman–Crippen LogP) is 3.03. The molecule has 3 N–H and O–H groups in total. The van der Waals surface area contributed by atoms with E-state index in [2.05, 4.69) is 5.32 Å². The first kappa shape index (κ1) is 14.2. The summed E-state index contributed by atoms with van der Waals surface area (Å²) in [5.41, 5.74) is 7.20.